The van der Waals surface area contributed by atoms with E-state index in [4.69, 9.17) is 37.1 Å². The largest absolute Gasteiger partial charge is 0.503 e. The first-order valence-electron chi connectivity index (χ1n) is 10.2. The fraction of sp³-hybridized carbons (Fsp3) is 0.250. The minimum atomic E-state index is -0.808. The summed E-state index contributed by atoms with van der Waals surface area (Å²) in [6.07, 6.45) is 0.529. The second-order valence-electron chi connectivity index (χ2n) is 7.53. The molecule has 33 heavy (non-hydrogen) atoms. The van der Waals surface area contributed by atoms with E-state index in [2.05, 4.69) is 0 Å². The third-order valence-corrected chi connectivity index (χ3v) is 5.94. The molecule has 172 valence electrons. The van der Waals surface area contributed by atoms with Crippen molar-refractivity contribution in [2.45, 2.75) is 12.5 Å². The molecule has 0 spiro atoms. The van der Waals surface area contributed by atoms with E-state index in [9.17, 15) is 14.7 Å². The van der Waals surface area contributed by atoms with Gasteiger partial charge in [0.25, 0.3) is 5.91 Å². The molecular weight excluding hydrogens is 469 g/mol. The van der Waals surface area contributed by atoms with Crippen molar-refractivity contribution < 1.29 is 28.6 Å². The van der Waals surface area contributed by atoms with E-state index in [1.807, 2.05) is 0 Å². The Hall–Kier alpha value is -3.00. The number of hydrogen-bond donors (Lipinski definition) is 1. The van der Waals surface area contributed by atoms with Gasteiger partial charge in [0.15, 0.2) is 22.9 Å². The number of ketones is 1. The molecule has 1 N–H and O–H groups in total. The lowest BCUT2D eigenvalue weighted by atomic mass is 9.95. The van der Waals surface area contributed by atoms with Gasteiger partial charge in [-0.1, -0.05) is 35.3 Å². The van der Waals surface area contributed by atoms with E-state index in [1.54, 1.807) is 43.5 Å². The number of ether oxygens (including phenoxy) is 2. The molecule has 0 bridgehead atoms. The summed E-state index contributed by atoms with van der Waals surface area (Å²) in [6, 6.07) is 10.7. The average molecular weight is 490 g/mol. The second-order valence-corrected chi connectivity index (χ2v) is 8.40. The van der Waals surface area contributed by atoms with Gasteiger partial charge in [0.2, 0.25) is 5.78 Å². The second kappa shape index (κ2) is 9.47. The Labute approximate surface area is 200 Å². The first-order valence-corrected chi connectivity index (χ1v) is 10.9. The third-order valence-electron chi connectivity index (χ3n) is 5.47. The number of nitrogens with zero attached hydrogens (tertiary/aromatic N) is 1. The number of carbonyl (C=O) groups excluding carboxylic acids is 2. The quantitative estimate of drug-likeness (QED) is 0.338. The Morgan fingerprint density at radius 2 is 1.85 bits per heavy atom. The molecule has 0 saturated heterocycles. The summed E-state index contributed by atoms with van der Waals surface area (Å²) >= 11 is 12.2. The van der Waals surface area contributed by atoms with Gasteiger partial charge in [-0.2, -0.15) is 0 Å². The SMILES string of the molecule is COCCCN1C(=O)C(O)=C(C(=O)c2cc3cc(Cl)cc(OC)c3o2)C1c1ccc(Cl)cc1. The molecule has 0 fully saturated rings. The van der Waals surface area contributed by atoms with Crippen LogP contribution < -0.4 is 4.74 Å². The van der Waals surface area contributed by atoms with Crippen LogP contribution in [-0.4, -0.2) is 49.1 Å². The van der Waals surface area contributed by atoms with Gasteiger partial charge in [-0.3, -0.25) is 9.59 Å². The highest BCUT2D eigenvalue weighted by Crippen LogP contribution is 2.41. The average Bonchev–Trinajstić information content (AvgIpc) is 3.33. The Balaban J connectivity index is 1.79. The molecule has 2 aromatic carbocycles. The van der Waals surface area contributed by atoms with Crippen molar-refractivity contribution in [2.24, 2.45) is 0 Å². The van der Waals surface area contributed by atoms with Gasteiger partial charge in [-0.15, -0.1) is 0 Å². The number of Topliss-reactive ketones (excluding diaryl/α,β-unsaturated/α-hetero) is 1. The van der Waals surface area contributed by atoms with Crippen LogP contribution in [0.1, 0.15) is 28.6 Å². The van der Waals surface area contributed by atoms with Gasteiger partial charge in [0.05, 0.1) is 18.7 Å². The lowest BCUT2D eigenvalue weighted by Gasteiger charge is -2.26. The maximum atomic E-state index is 13.6. The molecular formula is C24H21Cl2NO6. The molecule has 0 aliphatic carbocycles. The Bertz CT molecular complexity index is 1250. The van der Waals surface area contributed by atoms with Gasteiger partial charge in [0, 0.05) is 41.8 Å². The molecule has 4 rings (SSSR count). The van der Waals surface area contributed by atoms with Crippen LogP contribution in [0.4, 0.5) is 0 Å². The molecule has 9 heteroatoms. The number of amides is 1. The minimum Gasteiger partial charge on any atom is -0.503 e. The summed E-state index contributed by atoms with van der Waals surface area (Å²) in [6.45, 7) is 0.704. The number of methoxy groups -OCH3 is 2. The van der Waals surface area contributed by atoms with E-state index < -0.39 is 23.5 Å². The fourth-order valence-corrected chi connectivity index (χ4v) is 4.31. The van der Waals surface area contributed by atoms with Crippen LogP contribution in [-0.2, 0) is 9.53 Å². The van der Waals surface area contributed by atoms with Crippen LogP contribution in [0.25, 0.3) is 11.0 Å². The summed E-state index contributed by atoms with van der Waals surface area (Å²) < 4.78 is 16.2. The van der Waals surface area contributed by atoms with Crippen molar-refractivity contribution in [3.05, 3.63) is 75.2 Å². The zero-order chi connectivity index (χ0) is 23.7. The molecule has 0 radical (unpaired) electrons. The molecule has 1 unspecified atom stereocenters. The number of halogens is 2. The van der Waals surface area contributed by atoms with Crippen LogP contribution >= 0.6 is 23.2 Å². The summed E-state index contributed by atoms with van der Waals surface area (Å²) in [5, 5.41) is 12.2. The topological polar surface area (TPSA) is 89.2 Å². The zero-order valence-electron chi connectivity index (χ0n) is 17.9. The summed E-state index contributed by atoms with van der Waals surface area (Å²) in [5.74, 6) is -1.52. The third kappa shape index (κ3) is 4.31. The van der Waals surface area contributed by atoms with Crippen molar-refractivity contribution >= 4 is 45.9 Å². The monoisotopic (exact) mass is 489 g/mol. The maximum Gasteiger partial charge on any atom is 0.290 e. The van der Waals surface area contributed by atoms with Crippen molar-refractivity contribution in [1.82, 2.24) is 4.90 Å². The van der Waals surface area contributed by atoms with Crippen LogP contribution in [0.15, 0.2) is 58.2 Å². The molecule has 7 nitrogen and oxygen atoms in total. The normalized spacial score (nSPS) is 16.2. The van der Waals surface area contributed by atoms with Crippen molar-refractivity contribution in [3.8, 4) is 5.75 Å². The van der Waals surface area contributed by atoms with Crippen LogP contribution in [0.2, 0.25) is 10.0 Å². The first-order chi connectivity index (χ1) is 15.8. The number of aliphatic hydroxyl groups excluding tert-OH is 1. The van der Waals surface area contributed by atoms with Crippen LogP contribution in [0.3, 0.4) is 0 Å². The number of furan rings is 1. The maximum absolute atomic E-state index is 13.6. The van der Waals surface area contributed by atoms with Crippen molar-refractivity contribution in [2.75, 3.05) is 27.4 Å². The zero-order valence-corrected chi connectivity index (χ0v) is 19.4. The fourth-order valence-electron chi connectivity index (χ4n) is 3.97. The molecule has 1 aliphatic heterocycles. The Morgan fingerprint density at radius 3 is 2.52 bits per heavy atom. The van der Waals surface area contributed by atoms with Crippen molar-refractivity contribution in [1.29, 1.82) is 0 Å². The van der Waals surface area contributed by atoms with E-state index in [0.717, 1.165) is 0 Å². The van der Waals surface area contributed by atoms with Gasteiger partial charge in [-0.05, 0) is 36.2 Å². The number of benzene rings is 2. The standard InChI is InChI=1S/C24H21Cl2NO6/c1-31-9-3-8-27-20(13-4-6-15(25)7-5-13)19(22(29)24(27)30)21(28)17-11-14-10-16(26)12-18(32-2)23(14)33-17/h4-7,10-12,20,29H,3,8-9H2,1-2H3. The van der Waals surface area contributed by atoms with Gasteiger partial charge >= 0.3 is 0 Å². The molecule has 0 saturated carbocycles. The summed E-state index contributed by atoms with van der Waals surface area (Å²) in [5.41, 5.74) is 0.910. The first kappa shape index (κ1) is 23.2. The molecule has 1 aromatic heterocycles. The smallest absolute Gasteiger partial charge is 0.290 e. The van der Waals surface area contributed by atoms with Crippen LogP contribution in [0.5, 0.6) is 5.75 Å². The highest BCUT2D eigenvalue weighted by molar-refractivity contribution is 6.31. The Morgan fingerprint density at radius 1 is 1.12 bits per heavy atom. The molecule has 1 amide bonds. The Kier molecular flexibility index (Phi) is 6.65. The number of fused-ring (bicyclic) bond motifs is 1. The lowest BCUT2D eigenvalue weighted by molar-refractivity contribution is -0.129. The molecule has 2 heterocycles. The lowest BCUT2D eigenvalue weighted by Crippen LogP contribution is -2.32. The molecule has 1 atom stereocenters. The minimum absolute atomic E-state index is 0.0439. The van der Waals surface area contributed by atoms with Crippen molar-refractivity contribution in [3.63, 3.8) is 0 Å². The van der Waals surface area contributed by atoms with E-state index in [1.165, 1.54) is 18.1 Å². The van der Waals surface area contributed by atoms with E-state index in [-0.39, 0.29) is 17.9 Å². The summed E-state index contributed by atoms with van der Waals surface area (Å²) in [7, 11) is 3.03. The molecule has 3 aromatic rings. The van der Waals surface area contributed by atoms with Gasteiger partial charge in [-0.25, -0.2) is 0 Å². The number of rotatable bonds is 8. The van der Waals surface area contributed by atoms with E-state index in [0.29, 0.717) is 45.4 Å². The highest BCUT2D eigenvalue weighted by atomic mass is 35.5. The summed E-state index contributed by atoms with van der Waals surface area (Å²) in [4.78, 5) is 28.0. The predicted molar refractivity (Wildman–Crippen MR) is 124 cm³/mol. The van der Waals surface area contributed by atoms with E-state index >= 15 is 0 Å². The van der Waals surface area contributed by atoms with Crippen LogP contribution in [0, 0.1) is 0 Å². The predicted octanol–water partition coefficient (Wildman–Crippen LogP) is 5.36. The number of hydrogen-bond acceptors (Lipinski definition) is 6. The highest BCUT2D eigenvalue weighted by Gasteiger charge is 2.44. The number of aliphatic hydroxyl groups is 1. The number of carbonyl (C=O) groups is 2. The van der Waals surface area contributed by atoms with Gasteiger partial charge < -0.3 is 23.9 Å². The van der Waals surface area contributed by atoms with Gasteiger partial charge in [0.1, 0.15) is 0 Å². The molecule has 1 aliphatic rings.